The summed E-state index contributed by atoms with van der Waals surface area (Å²) >= 11 is 0. The van der Waals surface area contributed by atoms with Gasteiger partial charge in [-0.1, -0.05) is 24.3 Å². The standard InChI is InChI=1S/C19H22F2N2/c1-14-4-2-3-5-19(14)23-9-8-16(13-23)12-22-11-15-6-7-17(20)18(21)10-15/h2-7,10,16,22H,8-9,11-13H2,1H3. The molecule has 1 N–H and O–H groups in total. The number of aryl methyl sites for hydroxylation is 1. The van der Waals surface area contributed by atoms with Crippen molar-refractivity contribution in [3.05, 3.63) is 65.2 Å². The Hall–Kier alpha value is -1.94. The molecule has 2 aromatic carbocycles. The Balaban J connectivity index is 1.49. The van der Waals surface area contributed by atoms with Crippen LogP contribution in [0.3, 0.4) is 0 Å². The van der Waals surface area contributed by atoms with Crippen LogP contribution < -0.4 is 10.2 Å². The van der Waals surface area contributed by atoms with Crippen molar-refractivity contribution >= 4 is 5.69 Å². The zero-order chi connectivity index (χ0) is 16.2. The molecule has 0 bridgehead atoms. The van der Waals surface area contributed by atoms with Gasteiger partial charge in [0.25, 0.3) is 0 Å². The summed E-state index contributed by atoms with van der Waals surface area (Å²) in [5, 5.41) is 3.36. The van der Waals surface area contributed by atoms with E-state index in [4.69, 9.17) is 0 Å². The first-order valence-electron chi connectivity index (χ1n) is 8.08. The molecule has 1 aliphatic rings. The molecule has 0 saturated carbocycles. The number of nitrogens with one attached hydrogen (secondary N) is 1. The van der Waals surface area contributed by atoms with Crippen LogP contribution in [0.4, 0.5) is 14.5 Å². The molecule has 1 aliphatic heterocycles. The minimum atomic E-state index is -0.793. The van der Waals surface area contributed by atoms with Gasteiger partial charge in [-0.05, 0) is 48.6 Å². The summed E-state index contributed by atoms with van der Waals surface area (Å²) in [6.07, 6.45) is 1.15. The van der Waals surface area contributed by atoms with Crippen LogP contribution >= 0.6 is 0 Å². The minimum absolute atomic E-state index is 0.568. The molecule has 0 spiro atoms. The normalized spacial score (nSPS) is 17.7. The third-order valence-corrected chi connectivity index (χ3v) is 4.49. The highest BCUT2D eigenvalue weighted by atomic mass is 19.2. The Labute approximate surface area is 136 Å². The monoisotopic (exact) mass is 316 g/mol. The first kappa shape index (κ1) is 15.9. The van der Waals surface area contributed by atoms with Crippen LogP contribution in [-0.4, -0.2) is 19.6 Å². The molecule has 122 valence electrons. The molecule has 1 atom stereocenters. The number of rotatable bonds is 5. The third kappa shape index (κ3) is 3.88. The Bertz CT molecular complexity index is 672. The Morgan fingerprint density at radius 1 is 1.13 bits per heavy atom. The summed E-state index contributed by atoms with van der Waals surface area (Å²) in [7, 11) is 0. The Morgan fingerprint density at radius 2 is 1.96 bits per heavy atom. The SMILES string of the molecule is Cc1ccccc1N1CCC(CNCc2ccc(F)c(F)c2)C1. The fourth-order valence-electron chi connectivity index (χ4n) is 3.21. The number of para-hydroxylation sites is 1. The topological polar surface area (TPSA) is 15.3 Å². The second-order valence-corrected chi connectivity index (χ2v) is 6.27. The van der Waals surface area contributed by atoms with Crippen LogP contribution in [0.15, 0.2) is 42.5 Å². The summed E-state index contributed by atoms with van der Waals surface area (Å²) in [4.78, 5) is 2.43. The predicted molar refractivity (Wildman–Crippen MR) is 89.6 cm³/mol. The van der Waals surface area contributed by atoms with Gasteiger partial charge >= 0.3 is 0 Å². The lowest BCUT2D eigenvalue weighted by Crippen LogP contribution is -2.26. The van der Waals surface area contributed by atoms with Gasteiger partial charge in [0.15, 0.2) is 11.6 Å². The van der Waals surface area contributed by atoms with Crippen molar-refractivity contribution < 1.29 is 8.78 Å². The number of anilines is 1. The van der Waals surface area contributed by atoms with Crippen LogP contribution in [0.1, 0.15) is 17.5 Å². The van der Waals surface area contributed by atoms with Gasteiger partial charge in [0.1, 0.15) is 0 Å². The molecule has 0 aliphatic carbocycles. The minimum Gasteiger partial charge on any atom is -0.371 e. The van der Waals surface area contributed by atoms with Crippen molar-refractivity contribution in [2.24, 2.45) is 5.92 Å². The highest BCUT2D eigenvalue weighted by molar-refractivity contribution is 5.53. The summed E-state index contributed by atoms with van der Waals surface area (Å²) < 4.78 is 26.1. The second kappa shape index (κ2) is 7.09. The molecule has 1 heterocycles. The smallest absolute Gasteiger partial charge is 0.159 e. The largest absolute Gasteiger partial charge is 0.371 e. The molecule has 1 unspecified atom stereocenters. The summed E-state index contributed by atoms with van der Waals surface area (Å²) in [5.74, 6) is -0.991. The summed E-state index contributed by atoms with van der Waals surface area (Å²) in [6.45, 7) is 5.71. The van der Waals surface area contributed by atoms with Gasteiger partial charge in [0, 0.05) is 31.9 Å². The van der Waals surface area contributed by atoms with Gasteiger partial charge in [0.2, 0.25) is 0 Å². The lowest BCUT2D eigenvalue weighted by Gasteiger charge is -2.21. The van der Waals surface area contributed by atoms with E-state index in [1.807, 2.05) is 0 Å². The van der Waals surface area contributed by atoms with E-state index in [1.54, 1.807) is 6.07 Å². The zero-order valence-electron chi connectivity index (χ0n) is 13.4. The van der Waals surface area contributed by atoms with E-state index in [1.165, 1.54) is 23.4 Å². The molecule has 0 amide bonds. The molecule has 23 heavy (non-hydrogen) atoms. The zero-order valence-corrected chi connectivity index (χ0v) is 13.4. The molecule has 1 fully saturated rings. The maximum atomic E-state index is 13.2. The number of benzene rings is 2. The van der Waals surface area contributed by atoms with Crippen molar-refractivity contribution in [1.29, 1.82) is 0 Å². The molecule has 2 nitrogen and oxygen atoms in total. The molecular formula is C19H22F2N2. The lowest BCUT2D eigenvalue weighted by molar-refractivity contribution is 0.499. The number of hydrogen-bond donors (Lipinski definition) is 1. The number of halogens is 2. The fraction of sp³-hybridized carbons (Fsp3) is 0.368. The van der Waals surface area contributed by atoms with Gasteiger partial charge in [-0.2, -0.15) is 0 Å². The predicted octanol–water partition coefficient (Wildman–Crippen LogP) is 3.89. The van der Waals surface area contributed by atoms with Gasteiger partial charge in [0.05, 0.1) is 0 Å². The van der Waals surface area contributed by atoms with Crippen LogP contribution in [0.25, 0.3) is 0 Å². The molecule has 0 radical (unpaired) electrons. The number of nitrogens with zero attached hydrogens (tertiary/aromatic N) is 1. The molecule has 4 heteroatoms. The summed E-state index contributed by atoms with van der Waals surface area (Å²) in [6, 6.07) is 12.5. The van der Waals surface area contributed by atoms with Gasteiger partial charge < -0.3 is 10.2 Å². The van der Waals surface area contributed by atoms with Crippen molar-refractivity contribution in [3.8, 4) is 0 Å². The van der Waals surface area contributed by atoms with E-state index in [9.17, 15) is 8.78 Å². The van der Waals surface area contributed by atoms with Crippen LogP contribution in [-0.2, 0) is 6.54 Å². The molecule has 0 aromatic heterocycles. The average molecular weight is 316 g/mol. The molecular weight excluding hydrogens is 294 g/mol. The maximum Gasteiger partial charge on any atom is 0.159 e. The quantitative estimate of drug-likeness (QED) is 0.900. The average Bonchev–Trinajstić information content (AvgIpc) is 3.00. The van der Waals surface area contributed by atoms with E-state index in [2.05, 4.69) is 41.4 Å². The van der Waals surface area contributed by atoms with Crippen LogP contribution in [0.2, 0.25) is 0 Å². The lowest BCUT2D eigenvalue weighted by atomic mass is 10.1. The third-order valence-electron chi connectivity index (χ3n) is 4.49. The van der Waals surface area contributed by atoms with Crippen molar-refractivity contribution in [2.45, 2.75) is 19.9 Å². The van der Waals surface area contributed by atoms with Gasteiger partial charge in [-0.3, -0.25) is 0 Å². The first-order chi connectivity index (χ1) is 11.1. The van der Waals surface area contributed by atoms with Crippen molar-refractivity contribution in [3.63, 3.8) is 0 Å². The van der Waals surface area contributed by atoms with Gasteiger partial charge in [-0.25, -0.2) is 8.78 Å². The van der Waals surface area contributed by atoms with E-state index in [-0.39, 0.29) is 0 Å². The van der Waals surface area contributed by atoms with E-state index < -0.39 is 11.6 Å². The summed E-state index contributed by atoms with van der Waals surface area (Å²) in [5.41, 5.74) is 3.40. The Morgan fingerprint density at radius 3 is 2.74 bits per heavy atom. The highest BCUT2D eigenvalue weighted by Crippen LogP contribution is 2.26. The molecule has 1 saturated heterocycles. The van der Waals surface area contributed by atoms with Crippen molar-refractivity contribution in [2.75, 3.05) is 24.5 Å². The second-order valence-electron chi connectivity index (χ2n) is 6.27. The van der Waals surface area contributed by atoms with Crippen LogP contribution in [0.5, 0.6) is 0 Å². The van der Waals surface area contributed by atoms with Crippen molar-refractivity contribution in [1.82, 2.24) is 5.32 Å². The van der Waals surface area contributed by atoms with E-state index >= 15 is 0 Å². The molecule has 3 rings (SSSR count). The van der Waals surface area contributed by atoms with Crippen LogP contribution in [0, 0.1) is 24.5 Å². The highest BCUT2D eigenvalue weighted by Gasteiger charge is 2.23. The Kier molecular flexibility index (Phi) is 4.91. The first-order valence-corrected chi connectivity index (χ1v) is 8.08. The fourth-order valence-corrected chi connectivity index (χ4v) is 3.21. The van der Waals surface area contributed by atoms with Gasteiger partial charge in [-0.15, -0.1) is 0 Å². The van der Waals surface area contributed by atoms with E-state index in [0.717, 1.165) is 31.6 Å². The maximum absolute atomic E-state index is 13.2. The van der Waals surface area contributed by atoms with E-state index in [0.29, 0.717) is 12.5 Å². The number of hydrogen-bond acceptors (Lipinski definition) is 2. The molecule has 2 aromatic rings.